The largest absolute Gasteiger partial charge is 0.367 e. The van der Waals surface area contributed by atoms with Crippen molar-refractivity contribution in [3.8, 4) is 0 Å². The number of hydrogen-bond acceptors (Lipinski definition) is 5. The Morgan fingerprint density at radius 1 is 1.41 bits per heavy atom. The van der Waals surface area contributed by atoms with Crippen LogP contribution >= 0.6 is 11.8 Å². The van der Waals surface area contributed by atoms with E-state index in [0.29, 0.717) is 0 Å². The number of hydrogen-bond donors (Lipinski definition) is 1. The minimum absolute atomic E-state index is 0.765. The monoisotopic (exact) mass is 249 g/mol. The molecule has 0 radical (unpaired) electrons. The van der Waals surface area contributed by atoms with E-state index in [4.69, 9.17) is 0 Å². The number of nitrogens with zero attached hydrogens (tertiary/aromatic N) is 4. The lowest BCUT2D eigenvalue weighted by Gasteiger charge is -2.21. The van der Waals surface area contributed by atoms with Gasteiger partial charge in [0.15, 0.2) is 5.82 Å². The van der Waals surface area contributed by atoms with Crippen molar-refractivity contribution in [2.75, 3.05) is 23.4 Å². The fraction of sp³-hybridized carbons (Fsp3) is 0.545. The lowest BCUT2D eigenvalue weighted by molar-refractivity contribution is 0.515. The van der Waals surface area contributed by atoms with Crippen molar-refractivity contribution in [3.63, 3.8) is 0 Å². The third-order valence-electron chi connectivity index (χ3n) is 3.11. The highest BCUT2D eigenvalue weighted by Gasteiger charge is 2.14. The van der Waals surface area contributed by atoms with Crippen molar-refractivity contribution in [2.45, 2.75) is 12.8 Å². The Morgan fingerprint density at radius 3 is 3.18 bits per heavy atom. The molecule has 0 unspecified atom stereocenters. The zero-order valence-electron chi connectivity index (χ0n) is 9.54. The van der Waals surface area contributed by atoms with Gasteiger partial charge in [0.2, 0.25) is 5.65 Å². The third-order valence-corrected chi connectivity index (χ3v) is 4.16. The standard InChI is InChI=1S/C11H15N5S/c1-5-17-6-2-9(1)7-13-10-11-15-14-8-16(11)4-3-12-10/h3-4,8-9H,1-2,5-7H2,(H,12,13). The quantitative estimate of drug-likeness (QED) is 0.897. The second-order valence-corrected chi connectivity index (χ2v) is 5.50. The molecule has 1 aliphatic rings. The summed E-state index contributed by atoms with van der Waals surface area (Å²) in [4.78, 5) is 4.32. The molecule has 3 heterocycles. The molecular weight excluding hydrogens is 234 g/mol. The number of anilines is 1. The highest BCUT2D eigenvalue weighted by Crippen LogP contribution is 2.23. The van der Waals surface area contributed by atoms with Gasteiger partial charge in [-0.3, -0.25) is 4.40 Å². The molecule has 17 heavy (non-hydrogen) atoms. The van der Waals surface area contributed by atoms with Gasteiger partial charge < -0.3 is 5.32 Å². The van der Waals surface area contributed by atoms with Crippen LogP contribution in [0.4, 0.5) is 5.82 Å². The van der Waals surface area contributed by atoms with E-state index in [1.165, 1.54) is 24.3 Å². The first-order valence-electron chi connectivity index (χ1n) is 5.89. The Balaban J connectivity index is 1.69. The Labute approximate surface area is 104 Å². The molecule has 2 aromatic rings. The Bertz CT molecular complexity index is 491. The Hall–Kier alpha value is -1.30. The highest BCUT2D eigenvalue weighted by molar-refractivity contribution is 7.99. The van der Waals surface area contributed by atoms with Gasteiger partial charge in [-0.15, -0.1) is 10.2 Å². The van der Waals surface area contributed by atoms with Crippen molar-refractivity contribution < 1.29 is 0 Å². The van der Waals surface area contributed by atoms with Gasteiger partial charge in [0.25, 0.3) is 0 Å². The van der Waals surface area contributed by atoms with E-state index < -0.39 is 0 Å². The third kappa shape index (κ3) is 2.36. The Morgan fingerprint density at radius 2 is 2.29 bits per heavy atom. The molecule has 1 aliphatic heterocycles. The van der Waals surface area contributed by atoms with Crippen LogP contribution in [0.5, 0.6) is 0 Å². The van der Waals surface area contributed by atoms with Crippen LogP contribution in [0.2, 0.25) is 0 Å². The van der Waals surface area contributed by atoms with E-state index in [0.717, 1.165) is 23.9 Å². The summed E-state index contributed by atoms with van der Waals surface area (Å²) in [7, 11) is 0. The molecule has 5 nitrogen and oxygen atoms in total. The van der Waals surface area contributed by atoms with Crippen LogP contribution in [-0.2, 0) is 0 Å². The first kappa shape index (κ1) is 10.8. The molecule has 1 saturated heterocycles. The fourth-order valence-electron chi connectivity index (χ4n) is 2.07. The molecular formula is C11H15N5S. The maximum atomic E-state index is 4.32. The van der Waals surface area contributed by atoms with E-state index in [-0.39, 0.29) is 0 Å². The molecule has 2 aromatic heterocycles. The second kappa shape index (κ2) is 4.91. The predicted molar refractivity (Wildman–Crippen MR) is 69.3 cm³/mol. The van der Waals surface area contributed by atoms with Crippen LogP contribution in [-0.4, -0.2) is 37.6 Å². The predicted octanol–water partition coefficient (Wildman–Crippen LogP) is 1.68. The molecule has 1 N–H and O–H groups in total. The molecule has 0 aliphatic carbocycles. The minimum atomic E-state index is 0.765. The van der Waals surface area contributed by atoms with Crippen molar-refractivity contribution >= 4 is 23.2 Å². The molecule has 3 rings (SSSR count). The maximum Gasteiger partial charge on any atom is 0.203 e. The zero-order chi connectivity index (χ0) is 11.5. The SMILES string of the molecule is c1cn2cnnc2c(NCC2CCSCC2)n1. The van der Waals surface area contributed by atoms with Crippen LogP contribution in [0.25, 0.3) is 5.65 Å². The molecule has 0 amide bonds. The summed E-state index contributed by atoms with van der Waals surface area (Å²) < 4.78 is 1.88. The summed E-state index contributed by atoms with van der Waals surface area (Å²) >= 11 is 2.05. The van der Waals surface area contributed by atoms with Crippen LogP contribution in [0.1, 0.15) is 12.8 Å². The van der Waals surface area contributed by atoms with Crippen molar-refractivity contribution in [3.05, 3.63) is 18.7 Å². The second-order valence-electron chi connectivity index (χ2n) is 4.27. The lowest BCUT2D eigenvalue weighted by Crippen LogP contribution is -2.19. The zero-order valence-corrected chi connectivity index (χ0v) is 10.4. The normalized spacial score (nSPS) is 17.4. The average Bonchev–Trinajstić information content (AvgIpc) is 2.86. The summed E-state index contributed by atoms with van der Waals surface area (Å²) in [6.45, 7) is 0.986. The summed E-state index contributed by atoms with van der Waals surface area (Å²) in [6, 6.07) is 0. The topological polar surface area (TPSA) is 55.1 Å². The lowest BCUT2D eigenvalue weighted by atomic mass is 10.0. The first-order chi connectivity index (χ1) is 8.43. The number of fused-ring (bicyclic) bond motifs is 1. The van der Waals surface area contributed by atoms with Gasteiger partial charge in [0.05, 0.1) is 0 Å². The van der Waals surface area contributed by atoms with Crippen LogP contribution in [0.3, 0.4) is 0 Å². The van der Waals surface area contributed by atoms with Gasteiger partial charge in [-0.2, -0.15) is 11.8 Å². The van der Waals surface area contributed by atoms with E-state index in [9.17, 15) is 0 Å². The first-order valence-corrected chi connectivity index (χ1v) is 7.05. The van der Waals surface area contributed by atoms with E-state index in [1.807, 2.05) is 10.6 Å². The Kier molecular flexibility index (Phi) is 3.13. The van der Waals surface area contributed by atoms with E-state index in [2.05, 4.69) is 32.3 Å². The molecule has 6 heteroatoms. The molecule has 90 valence electrons. The van der Waals surface area contributed by atoms with Crippen LogP contribution in [0.15, 0.2) is 18.7 Å². The summed E-state index contributed by atoms with van der Waals surface area (Å²) in [5.41, 5.74) is 0.803. The molecule has 0 atom stereocenters. The number of aromatic nitrogens is 4. The van der Waals surface area contributed by atoms with Gasteiger partial charge in [0, 0.05) is 18.9 Å². The van der Waals surface area contributed by atoms with E-state index in [1.54, 1.807) is 12.5 Å². The highest BCUT2D eigenvalue weighted by atomic mass is 32.2. The van der Waals surface area contributed by atoms with Gasteiger partial charge in [-0.05, 0) is 30.3 Å². The van der Waals surface area contributed by atoms with Gasteiger partial charge >= 0.3 is 0 Å². The summed E-state index contributed by atoms with van der Waals surface area (Å²) in [5, 5.41) is 11.4. The molecule has 0 aromatic carbocycles. The van der Waals surface area contributed by atoms with Crippen LogP contribution in [0, 0.1) is 5.92 Å². The summed E-state index contributed by atoms with van der Waals surface area (Å²) in [5.74, 6) is 4.17. The number of nitrogens with one attached hydrogen (secondary N) is 1. The molecule has 0 bridgehead atoms. The fourth-order valence-corrected chi connectivity index (χ4v) is 3.28. The molecule has 1 fully saturated rings. The van der Waals surface area contributed by atoms with Gasteiger partial charge in [0.1, 0.15) is 6.33 Å². The van der Waals surface area contributed by atoms with E-state index >= 15 is 0 Å². The van der Waals surface area contributed by atoms with Crippen molar-refractivity contribution in [1.82, 2.24) is 19.6 Å². The molecule has 0 saturated carbocycles. The minimum Gasteiger partial charge on any atom is -0.367 e. The van der Waals surface area contributed by atoms with Crippen molar-refractivity contribution in [1.29, 1.82) is 0 Å². The maximum absolute atomic E-state index is 4.32. The average molecular weight is 249 g/mol. The number of thioether (sulfide) groups is 1. The van der Waals surface area contributed by atoms with Crippen LogP contribution < -0.4 is 5.32 Å². The van der Waals surface area contributed by atoms with Crippen molar-refractivity contribution in [2.24, 2.45) is 5.92 Å². The number of rotatable bonds is 3. The smallest absolute Gasteiger partial charge is 0.203 e. The molecule has 0 spiro atoms. The van der Waals surface area contributed by atoms with Gasteiger partial charge in [-0.1, -0.05) is 0 Å². The summed E-state index contributed by atoms with van der Waals surface area (Å²) in [6.07, 6.45) is 7.92. The van der Waals surface area contributed by atoms with Gasteiger partial charge in [-0.25, -0.2) is 4.98 Å².